The molecular formula is C22H24N2O2. The first kappa shape index (κ1) is 17.9. The molecule has 1 heterocycles. The van der Waals surface area contributed by atoms with Crippen LogP contribution in [-0.4, -0.2) is 22.8 Å². The van der Waals surface area contributed by atoms with E-state index in [-0.39, 0.29) is 5.91 Å². The Bertz CT molecular complexity index is 884. The molecule has 0 unspecified atom stereocenters. The second kappa shape index (κ2) is 8.00. The van der Waals surface area contributed by atoms with Crippen molar-refractivity contribution < 1.29 is 9.21 Å². The fraction of sp³-hybridized carbons (Fsp3) is 0.273. The summed E-state index contributed by atoms with van der Waals surface area (Å²) in [6.07, 6.45) is 2.60. The molecular weight excluding hydrogens is 324 g/mol. The third-order valence-corrected chi connectivity index (χ3v) is 4.50. The van der Waals surface area contributed by atoms with Crippen LogP contribution < -0.4 is 0 Å². The predicted octanol–water partition coefficient (Wildman–Crippen LogP) is 4.55. The number of carbonyl (C=O) groups is 1. The molecule has 4 nitrogen and oxygen atoms in total. The average molecular weight is 348 g/mol. The van der Waals surface area contributed by atoms with Crippen LogP contribution in [0.3, 0.4) is 0 Å². The van der Waals surface area contributed by atoms with E-state index in [1.54, 1.807) is 11.1 Å². The van der Waals surface area contributed by atoms with Crippen molar-refractivity contribution in [2.24, 2.45) is 0 Å². The predicted molar refractivity (Wildman–Crippen MR) is 103 cm³/mol. The summed E-state index contributed by atoms with van der Waals surface area (Å²) >= 11 is 0. The minimum atomic E-state index is 0.0874. The van der Waals surface area contributed by atoms with E-state index in [9.17, 15) is 4.79 Å². The third kappa shape index (κ3) is 4.39. The molecule has 134 valence electrons. The number of carbonyl (C=O) groups excluding carboxylic acids is 1. The summed E-state index contributed by atoms with van der Waals surface area (Å²) < 4.78 is 5.77. The number of hydrogen-bond donors (Lipinski definition) is 0. The number of nitrogens with zero attached hydrogens (tertiary/aromatic N) is 2. The number of amides is 1. The van der Waals surface area contributed by atoms with Crippen LogP contribution in [0, 0.1) is 13.8 Å². The van der Waals surface area contributed by atoms with Gasteiger partial charge >= 0.3 is 0 Å². The summed E-state index contributed by atoms with van der Waals surface area (Å²) in [6, 6.07) is 16.2. The van der Waals surface area contributed by atoms with Gasteiger partial charge in [0, 0.05) is 32.0 Å². The minimum Gasteiger partial charge on any atom is -0.441 e. The van der Waals surface area contributed by atoms with E-state index in [0.717, 1.165) is 11.3 Å². The summed E-state index contributed by atoms with van der Waals surface area (Å²) in [5.74, 6) is 1.42. The molecule has 0 fully saturated rings. The molecule has 0 saturated heterocycles. The molecule has 1 amide bonds. The van der Waals surface area contributed by atoms with Crippen molar-refractivity contribution in [3.63, 3.8) is 0 Å². The first-order chi connectivity index (χ1) is 12.5. The van der Waals surface area contributed by atoms with Crippen LogP contribution in [0.2, 0.25) is 0 Å². The highest BCUT2D eigenvalue weighted by Crippen LogP contribution is 2.20. The molecule has 4 heteroatoms. The van der Waals surface area contributed by atoms with Crippen LogP contribution in [0.15, 0.2) is 59.1 Å². The third-order valence-electron chi connectivity index (χ3n) is 4.50. The van der Waals surface area contributed by atoms with Gasteiger partial charge in [-0.05, 0) is 25.0 Å². The van der Waals surface area contributed by atoms with Gasteiger partial charge in [-0.15, -0.1) is 0 Å². The number of benzene rings is 2. The SMILES string of the molecule is Cc1ccc(CN(C)C(=O)CCc2ncc(-c3ccccc3)o2)c(C)c1. The highest BCUT2D eigenvalue weighted by molar-refractivity contribution is 5.76. The Morgan fingerprint density at radius 3 is 2.62 bits per heavy atom. The normalized spacial score (nSPS) is 10.7. The number of aromatic nitrogens is 1. The minimum absolute atomic E-state index is 0.0874. The van der Waals surface area contributed by atoms with Gasteiger partial charge < -0.3 is 9.32 Å². The van der Waals surface area contributed by atoms with Gasteiger partial charge in [-0.2, -0.15) is 0 Å². The number of rotatable bonds is 6. The van der Waals surface area contributed by atoms with Gasteiger partial charge in [-0.3, -0.25) is 4.79 Å². The standard InChI is InChI=1S/C22H24N2O2/c1-16-9-10-19(17(2)13-16)15-24(3)22(25)12-11-21-23-14-20(26-21)18-7-5-4-6-8-18/h4-10,13-14H,11-12,15H2,1-3H3. The van der Waals surface area contributed by atoms with Crippen LogP contribution in [0.5, 0.6) is 0 Å². The zero-order valence-corrected chi connectivity index (χ0v) is 15.5. The Kier molecular flexibility index (Phi) is 5.52. The lowest BCUT2D eigenvalue weighted by Crippen LogP contribution is -2.26. The maximum absolute atomic E-state index is 12.4. The molecule has 3 rings (SSSR count). The highest BCUT2D eigenvalue weighted by Gasteiger charge is 2.13. The lowest BCUT2D eigenvalue weighted by Gasteiger charge is -2.18. The maximum Gasteiger partial charge on any atom is 0.223 e. The fourth-order valence-electron chi connectivity index (χ4n) is 2.93. The number of hydrogen-bond acceptors (Lipinski definition) is 3. The van der Waals surface area contributed by atoms with Gasteiger partial charge in [0.25, 0.3) is 0 Å². The molecule has 0 radical (unpaired) electrons. The molecule has 0 aliphatic carbocycles. The summed E-state index contributed by atoms with van der Waals surface area (Å²) in [7, 11) is 1.84. The lowest BCUT2D eigenvalue weighted by molar-refractivity contribution is -0.130. The molecule has 0 saturated carbocycles. The van der Waals surface area contributed by atoms with Crippen molar-refractivity contribution >= 4 is 5.91 Å². The van der Waals surface area contributed by atoms with E-state index >= 15 is 0 Å². The molecule has 0 aliphatic heterocycles. The monoisotopic (exact) mass is 348 g/mol. The van der Waals surface area contributed by atoms with Crippen LogP contribution in [0.1, 0.15) is 29.0 Å². The summed E-state index contributed by atoms with van der Waals surface area (Å²) in [5.41, 5.74) is 4.61. The first-order valence-electron chi connectivity index (χ1n) is 8.83. The molecule has 3 aromatic rings. The van der Waals surface area contributed by atoms with E-state index < -0.39 is 0 Å². The van der Waals surface area contributed by atoms with Crippen molar-refractivity contribution in [2.75, 3.05) is 7.05 Å². The van der Waals surface area contributed by atoms with Gasteiger partial charge in [0.05, 0.1) is 6.20 Å². The molecule has 26 heavy (non-hydrogen) atoms. The smallest absolute Gasteiger partial charge is 0.223 e. The van der Waals surface area contributed by atoms with E-state index in [0.29, 0.717) is 25.3 Å². The second-order valence-electron chi connectivity index (χ2n) is 6.66. The van der Waals surface area contributed by atoms with Gasteiger partial charge in [-0.25, -0.2) is 4.98 Å². The summed E-state index contributed by atoms with van der Waals surface area (Å²) in [5, 5.41) is 0. The van der Waals surface area contributed by atoms with E-state index in [1.807, 2.05) is 37.4 Å². The van der Waals surface area contributed by atoms with Crippen molar-refractivity contribution in [1.29, 1.82) is 0 Å². The van der Waals surface area contributed by atoms with Crippen LogP contribution in [0.4, 0.5) is 0 Å². The van der Waals surface area contributed by atoms with Gasteiger partial charge in [-0.1, -0.05) is 54.1 Å². The zero-order valence-electron chi connectivity index (χ0n) is 15.5. The van der Waals surface area contributed by atoms with Gasteiger partial charge in [0.15, 0.2) is 11.7 Å². The molecule has 0 bridgehead atoms. The molecule has 0 N–H and O–H groups in total. The van der Waals surface area contributed by atoms with Gasteiger partial charge in [0.2, 0.25) is 5.91 Å². The number of aryl methyl sites for hydroxylation is 3. The van der Waals surface area contributed by atoms with Crippen molar-refractivity contribution in [3.05, 3.63) is 77.3 Å². The molecule has 0 spiro atoms. The average Bonchev–Trinajstić information content (AvgIpc) is 3.11. The molecule has 0 atom stereocenters. The Morgan fingerprint density at radius 1 is 1.12 bits per heavy atom. The lowest BCUT2D eigenvalue weighted by atomic mass is 10.1. The maximum atomic E-state index is 12.4. The van der Waals surface area contributed by atoms with Crippen molar-refractivity contribution in [3.8, 4) is 11.3 Å². The summed E-state index contributed by atoms with van der Waals surface area (Å²) in [4.78, 5) is 18.5. The Morgan fingerprint density at radius 2 is 1.88 bits per heavy atom. The van der Waals surface area contributed by atoms with E-state index in [2.05, 4.69) is 37.0 Å². The second-order valence-corrected chi connectivity index (χ2v) is 6.66. The van der Waals surface area contributed by atoms with E-state index in [4.69, 9.17) is 4.42 Å². The van der Waals surface area contributed by atoms with Crippen molar-refractivity contribution in [1.82, 2.24) is 9.88 Å². The topological polar surface area (TPSA) is 46.3 Å². The van der Waals surface area contributed by atoms with Crippen LogP contribution in [-0.2, 0) is 17.8 Å². The van der Waals surface area contributed by atoms with Crippen LogP contribution >= 0.6 is 0 Å². The van der Waals surface area contributed by atoms with Crippen LogP contribution in [0.25, 0.3) is 11.3 Å². The summed E-state index contributed by atoms with van der Waals surface area (Å²) in [6.45, 7) is 4.77. The largest absolute Gasteiger partial charge is 0.441 e. The first-order valence-corrected chi connectivity index (χ1v) is 8.83. The zero-order chi connectivity index (χ0) is 18.5. The molecule has 0 aliphatic rings. The number of oxazole rings is 1. The fourth-order valence-corrected chi connectivity index (χ4v) is 2.93. The Labute approximate surface area is 154 Å². The molecule has 2 aromatic carbocycles. The quantitative estimate of drug-likeness (QED) is 0.656. The Balaban J connectivity index is 1.56. The Hall–Kier alpha value is -2.88. The van der Waals surface area contributed by atoms with Crippen molar-refractivity contribution in [2.45, 2.75) is 33.2 Å². The van der Waals surface area contributed by atoms with E-state index in [1.165, 1.54) is 16.7 Å². The highest BCUT2D eigenvalue weighted by atomic mass is 16.4. The van der Waals surface area contributed by atoms with Gasteiger partial charge in [0.1, 0.15) is 0 Å². The molecule has 1 aromatic heterocycles.